The highest BCUT2D eigenvalue weighted by Gasteiger charge is 2.16. The zero-order chi connectivity index (χ0) is 15.6. The summed E-state index contributed by atoms with van der Waals surface area (Å²) in [6, 6.07) is 6.33. The highest BCUT2D eigenvalue weighted by molar-refractivity contribution is 6.44. The number of nitrogen functional groups attached to an aromatic ring is 1. The lowest BCUT2D eigenvalue weighted by Gasteiger charge is -2.10. The molecule has 0 saturated heterocycles. The maximum absolute atomic E-state index is 13.5. The van der Waals surface area contributed by atoms with Crippen LogP contribution in [0.15, 0.2) is 30.3 Å². The standard InChI is InChI=1S/C13H9Cl2F2N3O/c14-7-2-1-3-10(11(7)15)19-13(21)6-4-8(16)12(20-18)9(17)5-6/h1-5,20H,18H2,(H,19,21). The second kappa shape index (κ2) is 6.26. The third kappa shape index (κ3) is 3.24. The first-order chi connectivity index (χ1) is 9.93. The van der Waals surface area contributed by atoms with Gasteiger partial charge in [-0.3, -0.25) is 10.6 Å². The van der Waals surface area contributed by atoms with Crippen LogP contribution in [0.2, 0.25) is 10.0 Å². The van der Waals surface area contributed by atoms with Gasteiger partial charge >= 0.3 is 0 Å². The van der Waals surface area contributed by atoms with E-state index in [0.717, 1.165) is 12.1 Å². The lowest BCUT2D eigenvalue weighted by atomic mass is 10.1. The van der Waals surface area contributed by atoms with Gasteiger partial charge in [-0.25, -0.2) is 8.78 Å². The molecule has 0 aliphatic rings. The van der Waals surface area contributed by atoms with Crippen LogP contribution in [0.1, 0.15) is 10.4 Å². The second-order valence-electron chi connectivity index (χ2n) is 4.01. The van der Waals surface area contributed by atoms with E-state index < -0.39 is 23.2 Å². The van der Waals surface area contributed by atoms with Gasteiger partial charge in [0.05, 0.1) is 15.7 Å². The molecule has 0 radical (unpaired) electrons. The van der Waals surface area contributed by atoms with Crippen LogP contribution < -0.4 is 16.6 Å². The molecule has 2 rings (SSSR count). The number of anilines is 2. The Balaban J connectivity index is 2.31. The molecule has 8 heteroatoms. The number of halogens is 4. The Kier molecular flexibility index (Phi) is 4.62. The summed E-state index contributed by atoms with van der Waals surface area (Å²) >= 11 is 11.7. The molecule has 0 atom stereocenters. The number of hydrogen-bond donors (Lipinski definition) is 3. The van der Waals surface area contributed by atoms with Gasteiger partial charge in [0.1, 0.15) is 5.69 Å². The minimum Gasteiger partial charge on any atom is -0.321 e. The molecule has 0 heterocycles. The molecule has 0 aromatic heterocycles. The molecular formula is C13H9Cl2F2N3O. The minimum atomic E-state index is -0.986. The molecule has 4 N–H and O–H groups in total. The normalized spacial score (nSPS) is 10.3. The summed E-state index contributed by atoms with van der Waals surface area (Å²) in [5, 5.41) is 2.80. The molecule has 21 heavy (non-hydrogen) atoms. The molecule has 0 aliphatic heterocycles. The van der Waals surface area contributed by atoms with Crippen molar-refractivity contribution in [2.75, 3.05) is 10.7 Å². The van der Waals surface area contributed by atoms with Crippen molar-refractivity contribution in [2.24, 2.45) is 5.84 Å². The van der Waals surface area contributed by atoms with Crippen LogP contribution in [0.25, 0.3) is 0 Å². The predicted octanol–water partition coefficient (Wildman–Crippen LogP) is 3.81. The summed E-state index contributed by atoms with van der Waals surface area (Å²) in [5.74, 6) is 2.27. The second-order valence-corrected chi connectivity index (χ2v) is 4.80. The topological polar surface area (TPSA) is 67.1 Å². The number of hydrogen-bond acceptors (Lipinski definition) is 3. The van der Waals surface area contributed by atoms with Crippen LogP contribution in [0.3, 0.4) is 0 Å². The minimum absolute atomic E-state index is 0.133. The van der Waals surface area contributed by atoms with Gasteiger partial charge < -0.3 is 10.7 Å². The maximum Gasteiger partial charge on any atom is 0.255 e. The lowest BCUT2D eigenvalue weighted by Crippen LogP contribution is -2.15. The number of nitrogens with two attached hydrogens (primary N) is 1. The Hall–Kier alpha value is -1.89. The van der Waals surface area contributed by atoms with Gasteiger partial charge in [-0.1, -0.05) is 29.3 Å². The summed E-state index contributed by atoms with van der Waals surface area (Å²) in [4.78, 5) is 12.0. The zero-order valence-electron chi connectivity index (χ0n) is 10.4. The number of hydrazine groups is 1. The quantitative estimate of drug-likeness (QED) is 0.591. The van der Waals surface area contributed by atoms with E-state index in [-0.39, 0.29) is 21.3 Å². The Morgan fingerprint density at radius 3 is 2.33 bits per heavy atom. The zero-order valence-corrected chi connectivity index (χ0v) is 11.9. The summed E-state index contributed by atoms with van der Waals surface area (Å²) in [5.41, 5.74) is 1.36. The van der Waals surface area contributed by atoms with Crippen molar-refractivity contribution in [3.05, 3.63) is 57.6 Å². The van der Waals surface area contributed by atoms with Crippen LogP contribution in [-0.2, 0) is 0 Å². The molecule has 4 nitrogen and oxygen atoms in total. The van der Waals surface area contributed by atoms with Crippen LogP contribution in [0.5, 0.6) is 0 Å². The molecule has 0 saturated carbocycles. The van der Waals surface area contributed by atoms with Crippen LogP contribution >= 0.6 is 23.2 Å². The average molecular weight is 332 g/mol. The van der Waals surface area contributed by atoms with E-state index in [4.69, 9.17) is 29.0 Å². The molecular weight excluding hydrogens is 323 g/mol. The SMILES string of the molecule is NNc1c(F)cc(C(=O)Nc2cccc(Cl)c2Cl)cc1F. The summed E-state index contributed by atoms with van der Waals surface area (Å²) in [7, 11) is 0. The van der Waals surface area contributed by atoms with E-state index in [1.807, 2.05) is 5.43 Å². The fraction of sp³-hybridized carbons (Fsp3) is 0. The van der Waals surface area contributed by atoms with Gasteiger partial charge in [0.15, 0.2) is 11.6 Å². The molecule has 110 valence electrons. The van der Waals surface area contributed by atoms with E-state index in [0.29, 0.717) is 0 Å². The van der Waals surface area contributed by atoms with Crippen molar-refractivity contribution in [1.82, 2.24) is 0 Å². The van der Waals surface area contributed by atoms with Crippen molar-refractivity contribution < 1.29 is 13.6 Å². The van der Waals surface area contributed by atoms with Crippen LogP contribution in [-0.4, -0.2) is 5.91 Å². The summed E-state index contributed by atoms with van der Waals surface area (Å²) in [6.45, 7) is 0. The highest BCUT2D eigenvalue weighted by atomic mass is 35.5. The molecule has 0 spiro atoms. The van der Waals surface area contributed by atoms with Gasteiger partial charge in [0.2, 0.25) is 0 Å². The van der Waals surface area contributed by atoms with Gasteiger partial charge in [0, 0.05) is 5.56 Å². The van der Waals surface area contributed by atoms with Gasteiger partial charge in [-0.05, 0) is 24.3 Å². The van der Waals surface area contributed by atoms with Gasteiger partial charge in [-0.2, -0.15) is 0 Å². The van der Waals surface area contributed by atoms with Crippen LogP contribution in [0.4, 0.5) is 20.2 Å². The van der Waals surface area contributed by atoms with Crippen LogP contribution in [0, 0.1) is 11.6 Å². The van der Waals surface area contributed by atoms with Gasteiger partial charge in [0.25, 0.3) is 5.91 Å². The summed E-state index contributed by atoms with van der Waals surface area (Å²) in [6.07, 6.45) is 0. The maximum atomic E-state index is 13.5. The van der Waals surface area contributed by atoms with Gasteiger partial charge in [-0.15, -0.1) is 0 Å². The van der Waals surface area contributed by atoms with E-state index in [1.54, 1.807) is 12.1 Å². The van der Waals surface area contributed by atoms with Crippen molar-refractivity contribution in [1.29, 1.82) is 0 Å². The predicted molar refractivity (Wildman–Crippen MR) is 78.6 cm³/mol. The first-order valence-electron chi connectivity index (χ1n) is 5.65. The third-order valence-corrected chi connectivity index (χ3v) is 3.47. The number of amides is 1. The fourth-order valence-electron chi connectivity index (χ4n) is 1.64. The first-order valence-corrected chi connectivity index (χ1v) is 6.40. The molecule has 0 unspecified atom stereocenters. The number of rotatable bonds is 3. The molecule has 0 fully saturated rings. The van der Waals surface area contributed by atoms with E-state index in [1.165, 1.54) is 6.07 Å². The number of carbonyl (C=O) groups excluding carboxylic acids is 1. The third-order valence-electron chi connectivity index (χ3n) is 2.65. The Morgan fingerprint density at radius 1 is 1.14 bits per heavy atom. The fourth-order valence-corrected chi connectivity index (χ4v) is 1.98. The molecule has 0 aliphatic carbocycles. The lowest BCUT2D eigenvalue weighted by molar-refractivity contribution is 0.102. The van der Waals surface area contributed by atoms with Crippen molar-refractivity contribution in [2.45, 2.75) is 0 Å². The smallest absolute Gasteiger partial charge is 0.255 e. The van der Waals surface area contributed by atoms with E-state index >= 15 is 0 Å². The molecule has 2 aromatic rings. The van der Waals surface area contributed by atoms with Crippen molar-refractivity contribution in [3.8, 4) is 0 Å². The average Bonchev–Trinajstić information content (AvgIpc) is 2.43. The van der Waals surface area contributed by atoms with E-state index in [2.05, 4.69) is 5.32 Å². The highest BCUT2D eigenvalue weighted by Crippen LogP contribution is 2.30. The summed E-state index contributed by atoms with van der Waals surface area (Å²) < 4.78 is 27.1. The number of nitrogens with one attached hydrogen (secondary N) is 2. The van der Waals surface area contributed by atoms with Crippen molar-refractivity contribution in [3.63, 3.8) is 0 Å². The van der Waals surface area contributed by atoms with Crippen molar-refractivity contribution >= 4 is 40.5 Å². The monoisotopic (exact) mass is 331 g/mol. The Morgan fingerprint density at radius 2 is 1.76 bits per heavy atom. The molecule has 2 aromatic carbocycles. The van der Waals surface area contributed by atoms with E-state index in [9.17, 15) is 13.6 Å². The molecule has 0 bridgehead atoms. The number of carbonyl (C=O) groups is 1. The molecule has 1 amide bonds. The Bertz CT molecular complexity index is 687. The largest absolute Gasteiger partial charge is 0.321 e. The first kappa shape index (κ1) is 15.5. The Labute approximate surface area is 128 Å². The number of benzene rings is 2.